The Morgan fingerprint density at radius 3 is 2.55 bits per heavy atom. The number of ether oxygens (including phenoxy) is 1. The first kappa shape index (κ1) is 16.0. The van der Waals surface area contributed by atoms with E-state index in [1.807, 2.05) is 13.8 Å². The van der Waals surface area contributed by atoms with Crippen molar-refractivity contribution in [2.45, 2.75) is 58.5 Å². The lowest BCUT2D eigenvalue weighted by Gasteiger charge is -2.34. The molecule has 2 unspecified atom stereocenters. The van der Waals surface area contributed by atoms with E-state index in [4.69, 9.17) is 4.74 Å². The van der Waals surface area contributed by atoms with Gasteiger partial charge in [0.2, 0.25) is 0 Å². The molecular formula is C17H31NO2. The molecule has 0 aromatic heterocycles. The Morgan fingerprint density at radius 1 is 1.20 bits per heavy atom. The molecule has 0 amide bonds. The van der Waals surface area contributed by atoms with Crippen LogP contribution in [0.1, 0.15) is 52.4 Å². The van der Waals surface area contributed by atoms with Crippen molar-refractivity contribution in [3.8, 4) is 0 Å². The fourth-order valence-electron chi connectivity index (χ4n) is 3.58. The van der Waals surface area contributed by atoms with Gasteiger partial charge in [-0.1, -0.05) is 13.8 Å². The molecular weight excluding hydrogens is 250 g/mol. The third-order valence-corrected chi connectivity index (χ3v) is 5.08. The third-order valence-electron chi connectivity index (χ3n) is 5.08. The Morgan fingerprint density at radius 2 is 1.90 bits per heavy atom. The molecule has 0 radical (unpaired) electrons. The average Bonchev–Trinajstić information content (AvgIpc) is 2.46. The maximum atomic E-state index is 12.3. The van der Waals surface area contributed by atoms with Crippen LogP contribution in [-0.4, -0.2) is 43.5 Å². The maximum Gasteiger partial charge on any atom is 0.164 e. The first-order valence-electron chi connectivity index (χ1n) is 8.41. The molecule has 2 rings (SSSR count). The van der Waals surface area contributed by atoms with Gasteiger partial charge in [-0.05, 0) is 70.5 Å². The van der Waals surface area contributed by atoms with E-state index in [0.717, 1.165) is 18.9 Å². The zero-order valence-electron chi connectivity index (χ0n) is 13.4. The second-order valence-corrected chi connectivity index (χ2v) is 7.07. The summed E-state index contributed by atoms with van der Waals surface area (Å²) in [6, 6.07) is 0. The van der Waals surface area contributed by atoms with Crippen molar-refractivity contribution < 1.29 is 9.53 Å². The van der Waals surface area contributed by atoms with E-state index in [2.05, 4.69) is 11.9 Å². The molecule has 3 heteroatoms. The van der Waals surface area contributed by atoms with Crippen LogP contribution in [0.25, 0.3) is 0 Å². The highest BCUT2D eigenvalue weighted by Gasteiger charge is 2.33. The van der Waals surface area contributed by atoms with Crippen LogP contribution < -0.4 is 0 Å². The predicted octanol–water partition coefficient (Wildman–Crippen LogP) is 3.13. The Balaban J connectivity index is 1.81. The van der Waals surface area contributed by atoms with Crippen molar-refractivity contribution >= 4 is 5.78 Å². The van der Waals surface area contributed by atoms with E-state index in [9.17, 15) is 4.79 Å². The lowest BCUT2D eigenvalue weighted by molar-refractivity contribution is -0.141. The summed E-state index contributed by atoms with van der Waals surface area (Å²) in [4.78, 5) is 14.7. The van der Waals surface area contributed by atoms with Crippen molar-refractivity contribution in [3.63, 3.8) is 0 Å². The van der Waals surface area contributed by atoms with E-state index in [1.54, 1.807) is 0 Å². The molecule has 116 valence electrons. The molecule has 0 bridgehead atoms. The van der Waals surface area contributed by atoms with Crippen LogP contribution in [0, 0.1) is 17.8 Å². The number of hydrogen-bond acceptors (Lipinski definition) is 3. The maximum absolute atomic E-state index is 12.3. The van der Waals surface area contributed by atoms with Gasteiger partial charge in [0.1, 0.15) is 6.10 Å². The summed E-state index contributed by atoms with van der Waals surface area (Å²) >= 11 is 0. The molecule has 0 aromatic rings. The Labute approximate surface area is 124 Å². The number of carbonyl (C=O) groups is 1. The molecule has 3 nitrogen and oxygen atoms in total. The van der Waals surface area contributed by atoms with Gasteiger partial charge in [0, 0.05) is 12.5 Å². The van der Waals surface area contributed by atoms with Gasteiger partial charge in [-0.15, -0.1) is 0 Å². The summed E-state index contributed by atoms with van der Waals surface area (Å²) in [6.45, 7) is 7.23. The molecule has 2 fully saturated rings. The normalized spacial score (nSPS) is 29.8. The Bertz CT molecular complexity index is 308. The summed E-state index contributed by atoms with van der Waals surface area (Å²) in [6.07, 6.45) is 7.30. The Kier molecular flexibility index (Phi) is 6.03. The predicted molar refractivity (Wildman–Crippen MR) is 81.8 cm³/mol. The van der Waals surface area contributed by atoms with Crippen LogP contribution in [0.3, 0.4) is 0 Å². The van der Waals surface area contributed by atoms with Gasteiger partial charge in [-0.2, -0.15) is 0 Å². The number of carbonyl (C=O) groups excluding carboxylic acids is 1. The molecule has 0 spiro atoms. The first-order valence-corrected chi connectivity index (χ1v) is 8.41. The summed E-state index contributed by atoms with van der Waals surface area (Å²) in [5.74, 6) is 1.75. The summed E-state index contributed by atoms with van der Waals surface area (Å²) < 4.78 is 5.81. The van der Waals surface area contributed by atoms with Crippen molar-refractivity contribution in [3.05, 3.63) is 0 Å². The topological polar surface area (TPSA) is 29.5 Å². The number of rotatable bonds is 5. The molecule has 0 saturated carbocycles. The minimum Gasteiger partial charge on any atom is -0.370 e. The highest BCUT2D eigenvalue weighted by molar-refractivity contribution is 5.85. The standard InChI is InChI=1S/C17H31NO2/c1-13(2)16(19)17-15(5-4-12-20-17)7-6-14-8-10-18(3)11-9-14/h13-15,17H,4-12H2,1-3H3. The van der Waals surface area contributed by atoms with Crippen LogP contribution in [0.5, 0.6) is 0 Å². The monoisotopic (exact) mass is 281 g/mol. The third kappa shape index (κ3) is 4.29. The molecule has 20 heavy (non-hydrogen) atoms. The number of likely N-dealkylation sites (tertiary alicyclic amines) is 1. The molecule has 0 aliphatic carbocycles. The quantitative estimate of drug-likeness (QED) is 0.775. The van der Waals surface area contributed by atoms with Gasteiger partial charge < -0.3 is 9.64 Å². The van der Waals surface area contributed by atoms with Crippen LogP contribution in [0.4, 0.5) is 0 Å². The van der Waals surface area contributed by atoms with E-state index >= 15 is 0 Å². The Hall–Kier alpha value is -0.410. The minimum atomic E-state index is -0.116. The van der Waals surface area contributed by atoms with Crippen molar-refractivity contribution in [2.24, 2.45) is 17.8 Å². The zero-order valence-corrected chi connectivity index (χ0v) is 13.4. The van der Waals surface area contributed by atoms with Crippen molar-refractivity contribution in [1.29, 1.82) is 0 Å². The molecule has 2 aliphatic heterocycles. The SMILES string of the molecule is CC(C)C(=O)C1OCCCC1CCC1CCN(C)CC1. The molecule has 0 N–H and O–H groups in total. The minimum absolute atomic E-state index is 0.101. The molecule has 2 atom stereocenters. The second-order valence-electron chi connectivity index (χ2n) is 7.07. The second kappa shape index (κ2) is 7.56. The van der Waals surface area contributed by atoms with Gasteiger partial charge in [0.05, 0.1) is 0 Å². The molecule has 2 saturated heterocycles. The fourth-order valence-corrected chi connectivity index (χ4v) is 3.58. The smallest absolute Gasteiger partial charge is 0.164 e. The average molecular weight is 281 g/mol. The fraction of sp³-hybridized carbons (Fsp3) is 0.941. The summed E-state index contributed by atoms with van der Waals surface area (Å²) in [7, 11) is 2.21. The van der Waals surface area contributed by atoms with Crippen LogP contribution in [0.15, 0.2) is 0 Å². The summed E-state index contributed by atoms with van der Waals surface area (Å²) in [5, 5.41) is 0. The van der Waals surface area contributed by atoms with Crippen molar-refractivity contribution in [2.75, 3.05) is 26.7 Å². The highest BCUT2D eigenvalue weighted by atomic mass is 16.5. The van der Waals surface area contributed by atoms with Crippen LogP contribution in [-0.2, 0) is 9.53 Å². The summed E-state index contributed by atoms with van der Waals surface area (Å²) in [5.41, 5.74) is 0. The lowest BCUT2D eigenvalue weighted by Crippen LogP contribution is -2.39. The molecule has 2 aliphatic rings. The largest absolute Gasteiger partial charge is 0.370 e. The zero-order chi connectivity index (χ0) is 14.5. The van der Waals surface area contributed by atoms with Gasteiger partial charge >= 0.3 is 0 Å². The number of piperidine rings is 1. The number of ketones is 1. The van der Waals surface area contributed by atoms with E-state index in [1.165, 1.54) is 45.2 Å². The van der Waals surface area contributed by atoms with Gasteiger partial charge in [-0.3, -0.25) is 4.79 Å². The van der Waals surface area contributed by atoms with Crippen molar-refractivity contribution in [1.82, 2.24) is 4.90 Å². The molecule has 0 aromatic carbocycles. The van der Waals surface area contributed by atoms with E-state index in [0.29, 0.717) is 11.7 Å². The van der Waals surface area contributed by atoms with Crippen LogP contribution >= 0.6 is 0 Å². The van der Waals surface area contributed by atoms with Crippen LogP contribution in [0.2, 0.25) is 0 Å². The van der Waals surface area contributed by atoms with Gasteiger partial charge in [-0.25, -0.2) is 0 Å². The number of hydrogen-bond donors (Lipinski definition) is 0. The highest BCUT2D eigenvalue weighted by Crippen LogP contribution is 2.31. The van der Waals surface area contributed by atoms with E-state index < -0.39 is 0 Å². The number of Topliss-reactive ketones (excluding diaryl/α,β-unsaturated/α-hetero) is 1. The lowest BCUT2D eigenvalue weighted by atomic mass is 9.81. The molecule has 2 heterocycles. The van der Waals surface area contributed by atoms with E-state index in [-0.39, 0.29) is 12.0 Å². The van der Waals surface area contributed by atoms with Gasteiger partial charge in [0.15, 0.2) is 5.78 Å². The first-order chi connectivity index (χ1) is 9.58. The number of nitrogens with zero attached hydrogens (tertiary/aromatic N) is 1. The van der Waals surface area contributed by atoms with Gasteiger partial charge in [0.25, 0.3) is 0 Å².